The first kappa shape index (κ1) is 15.2. The molecule has 0 aliphatic carbocycles. The Balaban J connectivity index is 2.00. The summed E-state index contributed by atoms with van der Waals surface area (Å²) in [5, 5.41) is 2.98. The van der Waals surface area contributed by atoms with Gasteiger partial charge in [-0.2, -0.15) is 0 Å². The summed E-state index contributed by atoms with van der Waals surface area (Å²) in [6, 6.07) is 16.1. The molecule has 1 atom stereocenters. The number of hydrogen-bond acceptors (Lipinski definition) is 2. The van der Waals surface area contributed by atoms with Crippen LogP contribution in [0.2, 0.25) is 0 Å². The molecule has 0 saturated heterocycles. The molecule has 2 aromatic carbocycles. The minimum atomic E-state index is -0.676. The van der Waals surface area contributed by atoms with Gasteiger partial charge in [0, 0.05) is 31.9 Å². The number of fused-ring (bicyclic) bond motifs is 1. The molecule has 1 amide bonds. The fourth-order valence-corrected chi connectivity index (χ4v) is 3.22. The minimum absolute atomic E-state index is 0.00617. The molecule has 2 aromatic rings. The van der Waals surface area contributed by atoms with Crippen LogP contribution < -0.4 is 10.2 Å². The number of anilines is 2. The Kier molecular flexibility index (Phi) is 3.83. The molecule has 0 bridgehead atoms. The van der Waals surface area contributed by atoms with Crippen LogP contribution >= 0.6 is 0 Å². The Morgan fingerprint density at radius 2 is 1.83 bits per heavy atom. The van der Waals surface area contributed by atoms with E-state index in [2.05, 4.69) is 40.4 Å². The normalized spacial score (nSPS) is 18.9. The molecule has 3 rings (SSSR count). The van der Waals surface area contributed by atoms with E-state index in [4.69, 9.17) is 6.42 Å². The summed E-state index contributed by atoms with van der Waals surface area (Å²) in [4.78, 5) is 14.8. The highest BCUT2D eigenvalue weighted by atomic mass is 16.2. The zero-order chi connectivity index (χ0) is 16.4. The van der Waals surface area contributed by atoms with Gasteiger partial charge in [-0.15, -0.1) is 12.3 Å². The lowest BCUT2D eigenvalue weighted by Crippen LogP contribution is -2.36. The van der Waals surface area contributed by atoms with Gasteiger partial charge in [0.2, 0.25) is 5.91 Å². The number of para-hydroxylation sites is 1. The quantitative estimate of drug-likeness (QED) is 0.880. The molecule has 116 valence electrons. The van der Waals surface area contributed by atoms with Crippen molar-refractivity contribution in [2.75, 3.05) is 24.3 Å². The van der Waals surface area contributed by atoms with Gasteiger partial charge in [0.05, 0.1) is 5.41 Å². The predicted octanol–water partition coefficient (Wildman–Crippen LogP) is 3.21. The second kappa shape index (κ2) is 5.81. The second-order valence-electron chi connectivity index (χ2n) is 6.20. The number of carbonyl (C=O) groups excluding carboxylic acids is 1. The number of nitrogens with one attached hydrogen (secondary N) is 1. The molecular weight excluding hydrogens is 284 g/mol. The highest BCUT2D eigenvalue weighted by molar-refractivity contribution is 6.06. The first-order valence-corrected chi connectivity index (χ1v) is 7.67. The van der Waals surface area contributed by atoms with Crippen LogP contribution in [0.1, 0.15) is 17.5 Å². The predicted molar refractivity (Wildman–Crippen MR) is 94.7 cm³/mol. The first-order valence-electron chi connectivity index (χ1n) is 7.67. The smallest absolute Gasteiger partial charge is 0.236 e. The summed E-state index contributed by atoms with van der Waals surface area (Å²) in [6.45, 7) is 0. The Morgan fingerprint density at radius 1 is 1.13 bits per heavy atom. The van der Waals surface area contributed by atoms with E-state index in [-0.39, 0.29) is 5.91 Å². The van der Waals surface area contributed by atoms with Crippen molar-refractivity contribution < 1.29 is 4.79 Å². The first-order chi connectivity index (χ1) is 11.1. The lowest BCUT2D eigenvalue weighted by atomic mass is 9.74. The standard InChI is InChI=1S/C20H20N2O/c1-4-13-20(14-15-9-11-16(12-10-15)22(2)3)17-7-5-6-8-18(17)21-19(20)23/h1,5-12H,13-14H2,2-3H3,(H,21,23). The van der Waals surface area contributed by atoms with Crippen molar-refractivity contribution in [2.45, 2.75) is 18.3 Å². The van der Waals surface area contributed by atoms with Crippen molar-refractivity contribution in [1.29, 1.82) is 0 Å². The van der Waals surface area contributed by atoms with E-state index in [1.165, 1.54) is 0 Å². The number of rotatable bonds is 4. The average molecular weight is 304 g/mol. The Labute approximate surface area is 137 Å². The number of nitrogens with zero attached hydrogens (tertiary/aromatic N) is 1. The number of terminal acetylenes is 1. The van der Waals surface area contributed by atoms with Crippen molar-refractivity contribution in [3.8, 4) is 12.3 Å². The third-order valence-corrected chi connectivity index (χ3v) is 4.49. The largest absolute Gasteiger partial charge is 0.378 e. The van der Waals surface area contributed by atoms with Gasteiger partial charge in [-0.25, -0.2) is 0 Å². The van der Waals surface area contributed by atoms with Gasteiger partial charge >= 0.3 is 0 Å². The van der Waals surface area contributed by atoms with Gasteiger partial charge in [-0.1, -0.05) is 30.3 Å². The number of amides is 1. The van der Waals surface area contributed by atoms with Crippen LogP contribution in [-0.2, 0) is 16.6 Å². The summed E-state index contributed by atoms with van der Waals surface area (Å²) >= 11 is 0. The summed E-state index contributed by atoms with van der Waals surface area (Å²) < 4.78 is 0. The zero-order valence-electron chi connectivity index (χ0n) is 13.5. The van der Waals surface area contributed by atoms with Crippen LogP contribution in [0.3, 0.4) is 0 Å². The molecule has 1 aliphatic heterocycles. The fraction of sp³-hybridized carbons (Fsp3) is 0.250. The number of hydrogen-bond donors (Lipinski definition) is 1. The van der Waals surface area contributed by atoms with Crippen molar-refractivity contribution >= 4 is 17.3 Å². The van der Waals surface area contributed by atoms with Gasteiger partial charge in [0.15, 0.2) is 0 Å². The van der Waals surface area contributed by atoms with E-state index in [0.717, 1.165) is 22.5 Å². The molecule has 1 unspecified atom stereocenters. The average Bonchev–Trinajstić information content (AvgIpc) is 2.81. The van der Waals surface area contributed by atoms with E-state index in [0.29, 0.717) is 12.8 Å². The monoisotopic (exact) mass is 304 g/mol. The van der Waals surface area contributed by atoms with E-state index >= 15 is 0 Å². The molecule has 23 heavy (non-hydrogen) atoms. The van der Waals surface area contributed by atoms with E-state index < -0.39 is 5.41 Å². The van der Waals surface area contributed by atoms with Crippen LogP contribution in [0.25, 0.3) is 0 Å². The highest BCUT2D eigenvalue weighted by Gasteiger charge is 2.45. The van der Waals surface area contributed by atoms with Crippen LogP contribution in [0.4, 0.5) is 11.4 Å². The van der Waals surface area contributed by atoms with Crippen LogP contribution in [-0.4, -0.2) is 20.0 Å². The maximum Gasteiger partial charge on any atom is 0.236 e. The lowest BCUT2D eigenvalue weighted by molar-refractivity contribution is -0.120. The summed E-state index contributed by atoms with van der Waals surface area (Å²) in [6.07, 6.45) is 6.59. The molecule has 3 nitrogen and oxygen atoms in total. The molecule has 0 fully saturated rings. The molecule has 1 N–H and O–H groups in total. The molecular formula is C20H20N2O. The van der Waals surface area contributed by atoms with Gasteiger partial charge < -0.3 is 10.2 Å². The zero-order valence-corrected chi connectivity index (χ0v) is 13.5. The van der Waals surface area contributed by atoms with E-state index in [1.807, 2.05) is 38.4 Å². The summed E-state index contributed by atoms with van der Waals surface area (Å²) in [7, 11) is 4.02. The molecule has 1 heterocycles. The topological polar surface area (TPSA) is 32.3 Å². The molecule has 0 radical (unpaired) electrons. The molecule has 3 heteroatoms. The van der Waals surface area contributed by atoms with E-state index in [9.17, 15) is 4.79 Å². The number of carbonyl (C=O) groups is 1. The maximum absolute atomic E-state index is 12.7. The van der Waals surface area contributed by atoms with Gasteiger partial charge in [0.25, 0.3) is 0 Å². The van der Waals surface area contributed by atoms with Crippen LogP contribution in [0.15, 0.2) is 48.5 Å². The third-order valence-electron chi connectivity index (χ3n) is 4.49. The van der Waals surface area contributed by atoms with E-state index in [1.54, 1.807) is 0 Å². The van der Waals surface area contributed by atoms with Gasteiger partial charge in [-0.3, -0.25) is 4.79 Å². The van der Waals surface area contributed by atoms with Gasteiger partial charge in [-0.05, 0) is 35.7 Å². The molecule has 0 spiro atoms. The SMILES string of the molecule is C#CCC1(Cc2ccc(N(C)C)cc2)C(=O)Nc2ccccc21. The van der Waals surface area contributed by atoms with Gasteiger partial charge in [0.1, 0.15) is 0 Å². The van der Waals surface area contributed by atoms with Crippen molar-refractivity contribution in [3.63, 3.8) is 0 Å². The molecule has 0 aromatic heterocycles. The lowest BCUT2D eigenvalue weighted by Gasteiger charge is -2.26. The van der Waals surface area contributed by atoms with Crippen molar-refractivity contribution in [2.24, 2.45) is 0 Å². The molecule has 0 saturated carbocycles. The van der Waals surface area contributed by atoms with Crippen molar-refractivity contribution in [1.82, 2.24) is 0 Å². The van der Waals surface area contributed by atoms with Crippen LogP contribution in [0, 0.1) is 12.3 Å². The Bertz CT molecular complexity index is 771. The molecule has 1 aliphatic rings. The minimum Gasteiger partial charge on any atom is -0.378 e. The Hall–Kier alpha value is -2.73. The Morgan fingerprint density at radius 3 is 2.48 bits per heavy atom. The summed E-state index contributed by atoms with van der Waals surface area (Å²) in [5.74, 6) is 2.70. The highest BCUT2D eigenvalue weighted by Crippen LogP contribution is 2.42. The van der Waals surface area contributed by atoms with Crippen molar-refractivity contribution in [3.05, 3.63) is 59.7 Å². The third kappa shape index (κ3) is 2.57. The number of benzene rings is 2. The fourth-order valence-electron chi connectivity index (χ4n) is 3.22. The maximum atomic E-state index is 12.7. The second-order valence-corrected chi connectivity index (χ2v) is 6.20. The van der Waals surface area contributed by atoms with Crippen LogP contribution in [0.5, 0.6) is 0 Å². The summed E-state index contributed by atoms with van der Waals surface area (Å²) in [5.41, 5.74) is 3.44.